The summed E-state index contributed by atoms with van der Waals surface area (Å²) in [7, 11) is 0. The van der Waals surface area contributed by atoms with Gasteiger partial charge in [0, 0.05) is 5.54 Å². The lowest BCUT2D eigenvalue weighted by molar-refractivity contribution is 0.285. The van der Waals surface area contributed by atoms with E-state index in [2.05, 4.69) is 33.0 Å². The monoisotopic (exact) mass is 214 g/mol. The Morgan fingerprint density at radius 3 is 2.07 bits per heavy atom. The SMILES string of the molecule is CCC(CC)(CC)NCCCC(C)CN. The molecule has 2 nitrogen and oxygen atoms in total. The zero-order chi connectivity index (χ0) is 11.7. The molecule has 0 amide bonds. The molecule has 0 bridgehead atoms. The largest absolute Gasteiger partial charge is 0.330 e. The van der Waals surface area contributed by atoms with Crippen LogP contribution in [-0.4, -0.2) is 18.6 Å². The van der Waals surface area contributed by atoms with Gasteiger partial charge in [-0.1, -0.05) is 27.7 Å². The molecule has 0 saturated carbocycles. The molecule has 0 aliphatic rings. The van der Waals surface area contributed by atoms with E-state index in [1.165, 1.54) is 32.1 Å². The van der Waals surface area contributed by atoms with Crippen LogP contribution in [0.1, 0.15) is 59.8 Å². The van der Waals surface area contributed by atoms with Crippen molar-refractivity contribution < 1.29 is 0 Å². The third-order valence-corrected chi connectivity index (χ3v) is 3.81. The molecule has 2 heteroatoms. The summed E-state index contributed by atoms with van der Waals surface area (Å²) in [5.74, 6) is 0.672. The standard InChI is InChI=1S/C13H30N2/c1-5-13(6-2,7-3)15-10-8-9-12(4)11-14/h12,15H,5-11,14H2,1-4H3. The molecule has 0 aromatic carbocycles. The highest BCUT2D eigenvalue weighted by Crippen LogP contribution is 2.19. The lowest BCUT2D eigenvalue weighted by atomic mass is 9.89. The van der Waals surface area contributed by atoms with E-state index in [0.29, 0.717) is 11.5 Å². The third-order valence-electron chi connectivity index (χ3n) is 3.81. The summed E-state index contributed by atoms with van der Waals surface area (Å²) in [6.45, 7) is 11.0. The molecule has 0 aromatic rings. The lowest BCUT2D eigenvalue weighted by Gasteiger charge is -2.32. The molecule has 1 atom stereocenters. The summed E-state index contributed by atoms with van der Waals surface area (Å²) in [6, 6.07) is 0. The van der Waals surface area contributed by atoms with Crippen LogP contribution in [0.3, 0.4) is 0 Å². The van der Waals surface area contributed by atoms with Gasteiger partial charge in [0.15, 0.2) is 0 Å². The van der Waals surface area contributed by atoms with Gasteiger partial charge in [-0.3, -0.25) is 0 Å². The summed E-state index contributed by atoms with van der Waals surface area (Å²) < 4.78 is 0. The molecule has 1 unspecified atom stereocenters. The highest BCUT2D eigenvalue weighted by molar-refractivity contribution is 4.83. The fourth-order valence-electron chi connectivity index (χ4n) is 2.05. The average Bonchev–Trinajstić information content (AvgIpc) is 2.30. The normalized spacial score (nSPS) is 14.2. The molecule has 0 heterocycles. The highest BCUT2D eigenvalue weighted by atomic mass is 15.0. The second kappa shape index (κ2) is 8.12. The molecule has 92 valence electrons. The minimum Gasteiger partial charge on any atom is -0.330 e. The predicted octanol–water partition coefficient (Wildman–Crippen LogP) is 2.92. The van der Waals surface area contributed by atoms with Crippen molar-refractivity contribution in [1.29, 1.82) is 0 Å². The first kappa shape index (κ1) is 14.9. The third kappa shape index (κ3) is 5.53. The van der Waals surface area contributed by atoms with Gasteiger partial charge in [-0.05, 0) is 51.1 Å². The number of rotatable bonds is 9. The maximum atomic E-state index is 5.60. The predicted molar refractivity (Wildman–Crippen MR) is 69.1 cm³/mol. The maximum absolute atomic E-state index is 5.60. The second-order valence-electron chi connectivity index (χ2n) is 4.75. The van der Waals surface area contributed by atoms with Crippen LogP contribution < -0.4 is 11.1 Å². The van der Waals surface area contributed by atoms with Gasteiger partial charge in [0.1, 0.15) is 0 Å². The van der Waals surface area contributed by atoms with Crippen LogP contribution >= 0.6 is 0 Å². The van der Waals surface area contributed by atoms with Gasteiger partial charge in [0.05, 0.1) is 0 Å². The van der Waals surface area contributed by atoms with Gasteiger partial charge >= 0.3 is 0 Å². The van der Waals surface area contributed by atoms with Crippen LogP contribution in [0.4, 0.5) is 0 Å². The summed E-state index contributed by atoms with van der Waals surface area (Å²) in [5.41, 5.74) is 5.98. The van der Waals surface area contributed by atoms with E-state index >= 15 is 0 Å². The lowest BCUT2D eigenvalue weighted by Crippen LogP contribution is -2.44. The molecule has 3 N–H and O–H groups in total. The molecule has 0 aromatic heterocycles. The van der Waals surface area contributed by atoms with Gasteiger partial charge in [-0.25, -0.2) is 0 Å². The van der Waals surface area contributed by atoms with Gasteiger partial charge in [0.25, 0.3) is 0 Å². The van der Waals surface area contributed by atoms with Crippen molar-refractivity contribution in [3.05, 3.63) is 0 Å². The minimum atomic E-state index is 0.381. The van der Waals surface area contributed by atoms with Gasteiger partial charge in [0.2, 0.25) is 0 Å². The van der Waals surface area contributed by atoms with Crippen molar-refractivity contribution in [2.24, 2.45) is 11.7 Å². The summed E-state index contributed by atoms with van der Waals surface area (Å²) in [6.07, 6.45) is 6.18. The number of hydrogen-bond donors (Lipinski definition) is 2. The molecule has 0 fully saturated rings. The van der Waals surface area contributed by atoms with Crippen LogP contribution in [0.5, 0.6) is 0 Å². The fourth-order valence-corrected chi connectivity index (χ4v) is 2.05. The molecule has 0 saturated heterocycles. The van der Waals surface area contributed by atoms with Crippen molar-refractivity contribution in [2.45, 2.75) is 65.3 Å². The van der Waals surface area contributed by atoms with Crippen LogP contribution in [0.2, 0.25) is 0 Å². The summed E-state index contributed by atoms with van der Waals surface area (Å²) in [4.78, 5) is 0. The number of nitrogens with two attached hydrogens (primary N) is 1. The van der Waals surface area contributed by atoms with Crippen LogP contribution in [0, 0.1) is 5.92 Å². The quantitative estimate of drug-likeness (QED) is 0.579. The minimum absolute atomic E-state index is 0.381. The molecule has 15 heavy (non-hydrogen) atoms. The van der Waals surface area contributed by atoms with E-state index in [0.717, 1.165) is 13.1 Å². The maximum Gasteiger partial charge on any atom is 0.0173 e. The van der Waals surface area contributed by atoms with E-state index in [9.17, 15) is 0 Å². The van der Waals surface area contributed by atoms with Crippen LogP contribution in [-0.2, 0) is 0 Å². The fraction of sp³-hybridized carbons (Fsp3) is 1.00. The number of hydrogen-bond acceptors (Lipinski definition) is 2. The Labute approximate surface area is 96.0 Å². The smallest absolute Gasteiger partial charge is 0.0173 e. The van der Waals surface area contributed by atoms with Crippen LogP contribution in [0.25, 0.3) is 0 Å². The topological polar surface area (TPSA) is 38.0 Å². The average molecular weight is 214 g/mol. The van der Waals surface area contributed by atoms with E-state index in [-0.39, 0.29) is 0 Å². The number of nitrogens with one attached hydrogen (secondary N) is 1. The van der Waals surface area contributed by atoms with Crippen molar-refractivity contribution in [2.75, 3.05) is 13.1 Å². The first-order valence-corrected chi connectivity index (χ1v) is 6.59. The molecule has 0 aliphatic heterocycles. The van der Waals surface area contributed by atoms with Gasteiger partial charge < -0.3 is 11.1 Å². The Morgan fingerprint density at radius 2 is 1.67 bits per heavy atom. The van der Waals surface area contributed by atoms with Crippen molar-refractivity contribution in [3.8, 4) is 0 Å². The summed E-state index contributed by atoms with van der Waals surface area (Å²) in [5, 5.41) is 3.72. The Morgan fingerprint density at radius 1 is 1.13 bits per heavy atom. The molecule has 0 rings (SSSR count). The second-order valence-corrected chi connectivity index (χ2v) is 4.75. The first-order valence-electron chi connectivity index (χ1n) is 6.59. The molecule has 0 spiro atoms. The van der Waals surface area contributed by atoms with E-state index in [4.69, 9.17) is 5.73 Å². The Balaban J connectivity index is 3.72. The summed E-state index contributed by atoms with van der Waals surface area (Å²) >= 11 is 0. The highest BCUT2D eigenvalue weighted by Gasteiger charge is 2.21. The van der Waals surface area contributed by atoms with Gasteiger partial charge in [-0.2, -0.15) is 0 Å². The van der Waals surface area contributed by atoms with E-state index in [1.807, 2.05) is 0 Å². The Bertz CT molecular complexity index is 133. The zero-order valence-corrected chi connectivity index (χ0v) is 11.1. The van der Waals surface area contributed by atoms with Crippen molar-refractivity contribution in [1.82, 2.24) is 5.32 Å². The Hall–Kier alpha value is -0.0800. The van der Waals surface area contributed by atoms with E-state index in [1.54, 1.807) is 0 Å². The van der Waals surface area contributed by atoms with Crippen molar-refractivity contribution in [3.63, 3.8) is 0 Å². The van der Waals surface area contributed by atoms with Gasteiger partial charge in [-0.15, -0.1) is 0 Å². The van der Waals surface area contributed by atoms with E-state index < -0.39 is 0 Å². The van der Waals surface area contributed by atoms with Crippen LogP contribution in [0.15, 0.2) is 0 Å². The van der Waals surface area contributed by atoms with Crippen molar-refractivity contribution >= 4 is 0 Å². The zero-order valence-electron chi connectivity index (χ0n) is 11.1. The molecular weight excluding hydrogens is 184 g/mol. The first-order chi connectivity index (χ1) is 7.14. The Kier molecular flexibility index (Phi) is 8.07. The molecular formula is C13H30N2. The molecule has 0 aliphatic carbocycles. The molecule has 0 radical (unpaired) electrons.